The van der Waals surface area contributed by atoms with Gasteiger partial charge in [-0.1, -0.05) is 0 Å². The topological polar surface area (TPSA) is 77.0 Å². The Morgan fingerprint density at radius 3 is 2.78 bits per heavy atom. The highest BCUT2D eigenvalue weighted by molar-refractivity contribution is 5.71. The highest BCUT2D eigenvalue weighted by atomic mass is 16.8. The normalized spacial score (nSPS) is 37.6. The summed E-state index contributed by atoms with van der Waals surface area (Å²) in [6, 6.07) is -0.0869. The summed E-state index contributed by atoms with van der Waals surface area (Å²) in [4.78, 5) is 11.3. The lowest BCUT2D eigenvalue weighted by molar-refractivity contribution is -0.164. The molecule has 1 saturated heterocycles. The van der Waals surface area contributed by atoms with Gasteiger partial charge in [-0.25, -0.2) is 0 Å². The third-order valence-electron chi connectivity index (χ3n) is 3.25. The molecule has 1 aliphatic carbocycles. The quantitative estimate of drug-likeness (QED) is 0.680. The van der Waals surface area contributed by atoms with Gasteiger partial charge in [-0.15, -0.1) is 0 Å². The van der Waals surface area contributed by atoms with Crippen molar-refractivity contribution in [1.82, 2.24) is 5.32 Å². The maximum atomic E-state index is 11.3. The monoisotopic (exact) mass is 259 g/mol. The first-order valence-electron chi connectivity index (χ1n) is 6.35. The number of carbonyl (C=O) groups is 1. The molecule has 0 bridgehead atoms. The molecule has 1 saturated carbocycles. The van der Waals surface area contributed by atoms with E-state index in [2.05, 4.69) is 5.32 Å². The van der Waals surface area contributed by atoms with Crippen LogP contribution >= 0.6 is 0 Å². The smallest absolute Gasteiger partial charge is 0.319 e. The highest BCUT2D eigenvalue weighted by Gasteiger charge is 2.53. The summed E-state index contributed by atoms with van der Waals surface area (Å²) in [6.07, 6.45) is -0.578. The molecule has 0 amide bonds. The van der Waals surface area contributed by atoms with E-state index in [0.717, 1.165) is 0 Å². The van der Waals surface area contributed by atoms with Crippen LogP contribution in [0.25, 0.3) is 0 Å². The van der Waals surface area contributed by atoms with Crippen LogP contribution < -0.4 is 5.32 Å². The second-order valence-electron chi connectivity index (χ2n) is 5.16. The molecule has 0 aromatic heterocycles. The molecule has 2 rings (SSSR count). The third-order valence-corrected chi connectivity index (χ3v) is 3.25. The van der Waals surface area contributed by atoms with Crippen molar-refractivity contribution in [2.24, 2.45) is 0 Å². The predicted octanol–water partition coefficient (Wildman–Crippen LogP) is -0.208. The minimum absolute atomic E-state index is 0.0869. The molecule has 2 fully saturated rings. The van der Waals surface area contributed by atoms with Crippen molar-refractivity contribution in [2.75, 3.05) is 13.2 Å². The fourth-order valence-electron chi connectivity index (χ4n) is 2.58. The Bertz CT molecular complexity index is 320. The zero-order valence-corrected chi connectivity index (χ0v) is 11.0. The van der Waals surface area contributed by atoms with Crippen molar-refractivity contribution in [3.05, 3.63) is 0 Å². The van der Waals surface area contributed by atoms with Gasteiger partial charge in [0.1, 0.15) is 12.2 Å². The Labute approximate surface area is 107 Å². The highest BCUT2D eigenvalue weighted by Crippen LogP contribution is 2.38. The average molecular weight is 259 g/mol. The summed E-state index contributed by atoms with van der Waals surface area (Å²) in [6.45, 7) is 5.90. The molecule has 2 aliphatic rings. The van der Waals surface area contributed by atoms with Gasteiger partial charge in [-0.2, -0.15) is 0 Å². The van der Waals surface area contributed by atoms with Crippen LogP contribution in [0.3, 0.4) is 0 Å². The Balaban J connectivity index is 1.89. The molecule has 4 unspecified atom stereocenters. The first-order valence-corrected chi connectivity index (χ1v) is 6.35. The van der Waals surface area contributed by atoms with Crippen molar-refractivity contribution in [3.8, 4) is 0 Å². The fraction of sp³-hybridized carbons (Fsp3) is 0.917. The molecular weight excluding hydrogens is 238 g/mol. The third kappa shape index (κ3) is 2.83. The van der Waals surface area contributed by atoms with Crippen LogP contribution in [-0.4, -0.2) is 54.4 Å². The van der Waals surface area contributed by atoms with E-state index in [-0.39, 0.29) is 30.8 Å². The van der Waals surface area contributed by atoms with Crippen molar-refractivity contribution in [1.29, 1.82) is 0 Å². The maximum absolute atomic E-state index is 11.3. The number of rotatable bonds is 4. The number of esters is 1. The van der Waals surface area contributed by atoms with Crippen molar-refractivity contribution < 1.29 is 24.1 Å². The van der Waals surface area contributed by atoms with E-state index in [1.807, 2.05) is 13.8 Å². The summed E-state index contributed by atoms with van der Waals surface area (Å²) in [5.41, 5.74) is 0. The number of carbonyl (C=O) groups excluding carboxylic acids is 1. The number of ether oxygens (including phenoxy) is 3. The molecular formula is C12H21NO5. The van der Waals surface area contributed by atoms with Gasteiger partial charge in [0.15, 0.2) is 5.79 Å². The fourth-order valence-corrected chi connectivity index (χ4v) is 2.58. The van der Waals surface area contributed by atoms with Gasteiger partial charge in [-0.05, 0) is 27.2 Å². The molecule has 0 aromatic carbocycles. The largest absolute Gasteiger partial charge is 0.465 e. The Hall–Kier alpha value is -0.690. The van der Waals surface area contributed by atoms with E-state index >= 15 is 0 Å². The molecule has 18 heavy (non-hydrogen) atoms. The Morgan fingerprint density at radius 2 is 2.11 bits per heavy atom. The number of fused-ring (bicyclic) bond motifs is 1. The van der Waals surface area contributed by atoms with Crippen molar-refractivity contribution >= 4 is 5.97 Å². The number of hydrogen-bond acceptors (Lipinski definition) is 6. The Morgan fingerprint density at radius 1 is 1.44 bits per heavy atom. The van der Waals surface area contributed by atoms with Crippen LogP contribution in [0.15, 0.2) is 0 Å². The van der Waals surface area contributed by atoms with Gasteiger partial charge in [0.25, 0.3) is 0 Å². The van der Waals surface area contributed by atoms with E-state index in [1.165, 1.54) is 0 Å². The number of aliphatic hydroxyl groups is 1. The zero-order chi connectivity index (χ0) is 13.3. The summed E-state index contributed by atoms with van der Waals surface area (Å²) in [5, 5.41) is 13.0. The van der Waals surface area contributed by atoms with Crippen LogP contribution in [0.4, 0.5) is 0 Å². The van der Waals surface area contributed by atoms with Gasteiger partial charge in [0, 0.05) is 6.04 Å². The lowest BCUT2D eigenvalue weighted by Gasteiger charge is -2.22. The van der Waals surface area contributed by atoms with Gasteiger partial charge < -0.3 is 24.6 Å². The minimum Gasteiger partial charge on any atom is -0.465 e. The second kappa shape index (κ2) is 5.13. The summed E-state index contributed by atoms with van der Waals surface area (Å²) in [5.74, 6) is -0.978. The van der Waals surface area contributed by atoms with Gasteiger partial charge >= 0.3 is 5.97 Å². The van der Waals surface area contributed by atoms with Gasteiger partial charge in [-0.3, -0.25) is 4.79 Å². The summed E-state index contributed by atoms with van der Waals surface area (Å²) in [7, 11) is 0. The molecule has 6 nitrogen and oxygen atoms in total. The van der Waals surface area contributed by atoms with Crippen LogP contribution in [0.1, 0.15) is 27.2 Å². The van der Waals surface area contributed by atoms with Crippen LogP contribution in [0, 0.1) is 0 Å². The molecule has 0 spiro atoms. The second-order valence-corrected chi connectivity index (χ2v) is 5.16. The number of hydrogen-bond donors (Lipinski definition) is 2. The molecule has 4 atom stereocenters. The molecule has 1 aliphatic heterocycles. The van der Waals surface area contributed by atoms with E-state index in [0.29, 0.717) is 13.0 Å². The van der Waals surface area contributed by atoms with Gasteiger partial charge in [0.05, 0.1) is 19.3 Å². The molecule has 0 aromatic rings. The Kier molecular flexibility index (Phi) is 3.91. The van der Waals surface area contributed by atoms with Crippen LogP contribution in [-0.2, 0) is 19.0 Å². The predicted molar refractivity (Wildman–Crippen MR) is 62.9 cm³/mol. The minimum atomic E-state index is -0.680. The van der Waals surface area contributed by atoms with Gasteiger partial charge in [0.2, 0.25) is 0 Å². The van der Waals surface area contributed by atoms with Crippen LogP contribution in [0.5, 0.6) is 0 Å². The summed E-state index contributed by atoms with van der Waals surface area (Å²) < 4.78 is 16.2. The first kappa shape index (κ1) is 13.7. The molecule has 2 N–H and O–H groups in total. The maximum Gasteiger partial charge on any atom is 0.319 e. The lowest BCUT2D eigenvalue weighted by atomic mass is 10.2. The lowest BCUT2D eigenvalue weighted by Crippen LogP contribution is -2.42. The first-order chi connectivity index (χ1) is 8.43. The number of nitrogens with one attached hydrogen (secondary N) is 1. The van der Waals surface area contributed by atoms with Crippen molar-refractivity contribution in [2.45, 2.75) is 57.3 Å². The summed E-state index contributed by atoms with van der Waals surface area (Å²) >= 11 is 0. The molecule has 6 heteroatoms. The SMILES string of the molecule is CCOC(=O)CNC1CC(O)C2OC(C)(C)OC12. The average Bonchev–Trinajstić information content (AvgIpc) is 2.72. The molecule has 0 radical (unpaired) electrons. The van der Waals surface area contributed by atoms with E-state index in [4.69, 9.17) is 14.2 Å². The van der Waals surface area contributed by atoms with Crippen molar-refractivity contribution in [3.63, 3.8) is 0 Å². The van der Waals surface area contributed by atoms with Crippen LogP contribution in [0.2, 0.25) is 0 Å². The zero-order valence-electron chi connectivity index (χ0n) is 11.0. The van der Waals surface area contributed by atoms with E-state index < -0.39 is 11.9 Å². The molecule has 104 valence electrons. The number of aliphatic hydroxyl groups excluding tert-OH is 1. The van der Waals surface area contributed by atoms with E-state index in [1.54, 1.807) is 6.92 Å². The van der Waals surface area contributed by atoms with E-state index in [9.17, 15) is 9.90 Å². The molecule has 1 heterocycles. The standard InChI is InChI=1S/C12H21NO5/c1-4-16-9(15)6-13-7-5-8(14)11-10(7)17-12(2,3)18-11/h7-8,10-11,13-14H,4-6H2,1-3H3.